The lowest BCUT2D eigenvalue weighted by molar-refractivity contribution is 0.101. The average Bonchev–Trinajstić information content (AvgIpc) is 3.09. The molecule has 2 heterocycles. The number of benzene rings is 1. The average molecular weight is 350 g/mol. The lowest BCUT2D eigenvalue weighted by Crippen LogP contribution is -2.02. The highest BCUT2D eigenvalue weighted by atomic mass is 32.2. The first-order chi connectivity index (χ1) is 12.1. The van der Waals surface area contributed by atoms with Gasteiger partial charge in [0.05, 0.1) is 11.3 Å². The second-order valence-corrected chi connectivity index (χ2v) is 6.27. The summed E-state index contributed by atoms with van der Waals surface area (Å²) in [6.45, 7) is 3.21. The largest absolute Gasteiger partial charge is 0.338 e. The molecule has 0 fully saturated rings. The third-order valence-corrected chi connectivity index (χ3v) is 4.49. The SMILES string of the molecule is CC(=O)c1cc(C#N)c(SCc2nc(-c3ccccc3)no2)nc1C. The lowest BCUT2D eigenvalue weighted by atomic mass is 10.1. The van der Waals surface area contributed by atoms with Crippen molar-refractivity contribution in [3.63, 3.8) is 0 Å². The van der Waals surface area contributed by atoms with E-state index in [-0.39, 0.29) is 5.78 Å². The highest BCUT2D eigenvalue weighted by Crippen LogP contribution is 2.26. The van der Waals surface area contributed by atoms with Gasteiger partial charge in [-0.3, -0.25) is 4.79 Å². The number of nitrogens with zero attached hydrogens (tertiary/aromatic N) is 4. The Labute approximate surface area is 148 Å². The Balaban J connectivity index is 1.78. The van der Waals surface area contributed by atoms with Crippen LogP contribution >= 0.6 is 11.8 Å². The van der Waals surface area contributed by atoms with E-state index in [0.29, 0.717) is 39.3 Å². The van der Waals surface area contributed by atoms with Crippen LogP contribution < -0.4 is 0 Å². The van der Waals surface area contributed by atoms with Gasteiger partial charge in [-0.1, -0.05) is 47.3 Å². The molecule has 0 amide bonds. The van der Waals surface area contributed by atoms with Crippen molar-refractivity contribution >= 4 is 17.5 Å². The molecule has 3 aromatic rings. The van der Waals surface area contributed by atoms with Crippen molar-refractivity contribution in [2.75, 3.05) is 0 Å². The fourth-order valence-electron chi connectivity index (χ4n) is 2.28. The molecule has 6 nitrogen and oxygen atoms in total. The summed E-state index contributed by atoms with van der Waals surface area (Å²) in [6.07, 6.45) is 0. The fourth-order valence-corrected chi connectivity index (χ4v) is 3.12. The van der Waals surface area contributed by atoms with Gasteiger partial charge < -0.3 is 4.52 Å². The highest BCUT2D eigenvalue weighted by molar-refractivity contribution is 7.98. The quantitative estimate of drug-likeness (QED) is 0.510. The van der Waals surface area contributed by atoms with E-state index in [4.69, 9.17) is 4.52 Å². The Hall–Kier alpha value is -2.98. The van der Waals surface area contributed by atoms with Gasteiger partial charge in [-0.2, -0.15) is 10.2 Å². The molecular formula is C18H14N4O2S. The van der Waals surface area contributed by atoms with E-state index in [2.05, 4.69) is 21.2 Å². The Bertz CT molecular complexity index is 961. The molecule has 0 bridgehead atoms. The van der Waals surface area contributed by atoms with E-state index in [1.807, 2.05) is 30.3 Å². The van der Waals surface area contributed by atoms with Crippen LogP contribution in [0.3, 0.4) is 0 Å². The Morgan fingerprint density at radius 3 is 2.72 bits per heavy atom. The number of carbonyl (C=O) groups excluding carboxylic acids is 1. The summed E-state index contributed by atoms with van der Waals surface area (Å²) in [6, 6.07) is 13.2. The van der Waals surface area contributed by atoms with E-state index < -0.39 is 0 Å². The Morgan fingerprint density at radius 1 is 1.28 bits per heavy atom. The minimum Gasteiger partial charge on any atom is -0.338 e. The number of hydrogen-bond donors (Lipinski definition) is 0. The van der Waals surface area contributed by atoms with Gasteiger partial charge in [-0.05, 0) is 19.9 Å². The summed E-state index contributed by atoms with van der Waals surface area (Å²) in [5.41, 5.74) is 2.30. The number of nitriles is 1. The molecule has 0 saturated carbocycles. The van der Waals surface area contributed by atoms with Gasteiger partial charge in [0.2, 0.25) is 11.7 Å². The molecule has 124 valence electrons. The molecule has 25 heavy (non-hydrogen) atoms. The Morgan fingerprint density at radius 2 is 2.04 bits per heavy atom. The molecule has 0 spiro atoms. The normalized spacial score (nSPS) is 10.4. The summed E-state index contributed by atoms with van der Waals surface area (Å²) in [5.74, 6) is 1.25. The lowest BCUT2D eigenvalue weighted by Gasteiger charge is -2.06. The highest BCUT2D eigenvalue weighted by Gasteiger charge is 2.15. The number of rotatable bonds is 5. The maximum Gasteiger partial charge on any atom is 0.237 e. The van der Waals surface area contributed by atoms with Crippen molar-refractivity contribution in [3.8, 4) is 17.5 Å². The number of thioether (sulfide) groups is 1. The topological polar surface area (TPSA) is 92.7 Å². The van der Waals surface area contributed by atoms with Crippen LogP contribution in [0.4, 0.5) is 0 Å². The molecule has 0 aliphatic carbocycles. The van der Waals surface area contributed by atoms with E-state index in [1.165, 1.54) is 18.7 Å². The van der Waals surface area contributed by atoms with Crippen molar-refractivity contribution in [2.45, 2.75) is 24.6 Å². The maximum absolute atomic E-state index is 11.6. The second kappa shape index (κ2) is 7.28. The molecule has 1 aromatic carbocycles. The molecule has 0 atom stereocenters. The van der Waals surface area contributed by atoms with Crippen molar-refractivity contribution < 1.29 is 9.32 Å². The van der Waals surface area contributed by atoms with E-state index in [9.17, 15) is 10.1 Å². The fraction of sp³-hybridized carbons (Fsp3) is 0.167. The summed E-state index contributed by atoms with van der Waals surface area (Å²) >= 11 is 1.33. The second-order valence-electron chi connectivity index (χ2n) is 5.31. The van der Waals surface area contributed by atoms with Gasteiger partial charge in [0.15, 0.2) is 5.78 Å². The molecule has 0 aliphatic rings. The van der Waals surface area contributed by atoms with Crippen molar-refractivity contribution in [3.05, 3.63) is 59.1 Å². The first-order valence-corrected chi connectivity index (χ1v) is 8.50. The van der Waals surface area contributed by atoms with Crippen molar-refractivity contribution in [1.29, 1.82) is 5.26 Å². The summed E-state index contributed by atoms with van der Waals surface area (Å²) in [7, 11) is 0. The minimum absolute atomic E-state index is 0.109. The Kier molecular flexibility index (Phi) is 4.91. The minimum atomic E-state index is -0.109. The summed E-state index contributed by atoms with van der Waals surface area (Å²) in [4.78, 5) is 20.3. The van der Waals surface area contributed by atoms with Gasteiger partial charge in [0.1, 0.15) is 11.1 Å². The van der Waals surface area contributed by atoms with Gasteiger partial charge in [0, 0.05) is 16.8 Å². The van der Waals surface area contributed by atoms with Crippen LogP contribution in [-0.2, 0) is 5.75 Å². The van der Waals surface area contributed by atoms with Crippen LogP contribution in [0, 0.1) is 18.3 Å². The van der Waals surface area contributed by atoms with Gasteiger partial charge >= 0.3 is 0 Å². The molecule has 0 unspecified atom stereocenters. The first-order valence-electron chi connectivity index (χ1n) is 7.52. The molecule has 0 radical (unpaired) electrons. The molecule has 7 heteroatoms. The van der Waals surface area contributed by atoms with Crippen molar-refractivity contribution in [2.24, 2.45) is 0 Å². The number of pyridine rings is 1. The summed E-state index contributed by atoms with van der Waals surface area (Å²) < 4.78 is 5.26. The number of hydrogen-bond acceptors (Lipinski definition) is 7. The number of carbonyl (C=O) groups is 1. The monoisotopic (exact) mass is 350 g/mol. The summed E-state index contributed by atoms with van der Waals surface area (Å²) in [5, 5.41) is 13.8. The van der Waals surface area contributed by atoms with Crippen LogP contribution in [0.1, 0.15) is 34.4 Å². The van der Waals surface area contributed by atoms with Gasteiger partial charge in [-0.25, -0.2) is 4.98 Å². The van der Waals surface area contributed by atoms with Gasteiger partial charge in [-0.15, -0.1) is 0 Å². The zero-order chi connectivity index (χ0) is 17.8. The van der Waals surface area contributed by atoms with Gasteiger partial charge in [0.25, 0.3) is 0 Å². The third-order valence-electron chi connectivity index (χ3n) is 3.51. The third kappa shape index (κ3) is 3.75. The van der Waals surface area contributed by atoms with E-state index >= 15 is 0 Å². The van der Waals surface area contributed by atoms with Crippen LogP contribution in [0.15, 0.2) is 45.9 Å². The van der Waals surface area contributed by atoms with Crippen molar-refractivity contribution in [1.82, 2.24) is 15.1 Å². The molecule has 0 aliphatic heterocycles. The molecule has 3 rings (SSSR count). The van der Waals surface area contributed by atoms with Crippen LogP contribution in [0.2, 0.25) is 0 Å². The first kappa shape index (κ1) is 16.9. The number of aromatic nitrogens is 3. The smallest absolute Gasteiger partial charge is 0.237 e. The predicted molar refractivity (Wildman–Crippen MR) is 93.0 cm³/mol. The zero-order valence-electron chi connectivity index (χ0n) is 13.7. The van der Waals surface area contributed by atoms with E-state index in [1.54, 1.807) is 13.0 Å². The predicted octanol–water partition coefficient (Wildman–Crippen LogP) is 3.81. The van der Waals surface area contributed by atoms with Crippen LogP contribution in [0.25, 0.3) is 11.4 Å². The molecular weight excluding hydrogens is 336 g/mol. The zero-order valence-corrected chi connectivity index (χ0v) is 14.5. The van der Waals surface area contributed by atoms with Crippen LogP contribution in [0.5, 0.6) is 0 Å². The number of aryl methyl sites for hydroxylation is 1. The molecule has 0 saturated heterocycles. The molecule has 0 N–H and O–H groups in total. The van der Waals surface area contributed by atoms with E-state index in [0.717, 1.165) is 5.56 Å². The number of ketones is 1. The van der Waals surface area contributed by atoms with Crippen LogP contribution in [-0.4, -0.2) is 20.9 Å². The number of Topliss-reactive ketones (excluding diaryl/α,β-unsaturated/α-hetero) is 1. The maximum atomic E-state index is 11.6. The molecule has 2 aromatic heterocycles. The standard InChI is InChI=1S/C18H14N4O2S/c1-11-15(12(2)23)8-14(9-19)18(20-11)25-10-16-21-17(22-24-16)13-6-4-3-5-7-13/h3-8H,10H2,1-2H3.